The smallest absolute Gasteiger partial charge is 0.302 e. The van der Waals surface area contributed by atoms with Gasteiger partial charge < -0.3 is 15.4 Å². The first kappa shape index (κ1) is 36.0. The minimum absolute atomic E-state index is 0.00891. The highest BCUT2D eigenvalue weighted by atomic mass is 35.5. The van der Waals surface area contributed by atoms with Crippen LogP contribution in [-0.2, 0) is 19.1 Å². The molecule has 0 heterocycles. The van der Waals surface area contributed by atoms with Gasteiger partial charge in [0.1, 0.15) is 6.10 Å². The summed E-state index contributed by atoms with van der Waals surface area (Å²) < 4.78 is 5.94. The molecule has 8 heteroatoms. The number of ether oxygens (including phenoxy) is 1. The zero-order chi connectivity index (χ0) is 33.9. The standard InChI is InChI=1S/C38H60Cl2N2O4/c1-23(2)25-13-18-38(33(45)42-22-10-9-21-41-32(44)31(39)40)20-19-36(7)26(30(25)38)11-12-28-35(6)16-15-29(46-24(3)43)34(4,5)27(35)14-17-37(28,36)8/h25-31H,1,9-22H2,2-8H3,(H,41,44)(H,42,45)/t25-,26+,27-,28+,29-,30+,35-,36+,37+,38-/m0/s1. The van der Waals surface area contributed by atoms with Crippen molar-refractivity contribution >= 4 is 41.0 Å². The molecule has 0 spiro atoms. The summed E-state index contributed by atoms with van der Waals surface area (Å²) in [7, 11) is 0. The Morgan fingerprint density at radius 1 is 0.804 bits per heavy atom. The molecule has 5 rings (SSSR count). The third-order valence-electron chi connectivity index (χ3n) is 15.2. The lowest BCUT2D eigenvalue weighted by atomic mass is 9.32. The van der Waals surface area contributed by atoms with Gasteiger partial charge in [0.05, 0.1) is 5.41 Å². The van der Waals surface area contributed by atoms with Gasteiger partial charge in [-0.3, -0.25) is 14.4 Å². The lowest BCUT2D eigenvalue weighted by Crippen LogP contribution is -2.67. The average molecular weight is 680 g/mol. The Labute approximate surface area is 288 Å². The van der Waals surface area contributed by atoms with Gasteiger partial charge >= 0.3 is 5.97 Å². The zero-order valence-electron chi connectivity index (χ0n) is 29.5. The molecule has 46 heavy (non-hydrogen) atoms. The molecule has 5 saturated carbocycles. The number of amides is 2. The maximum absolute atomic E-state index is 14.3. The van der Waals surface area contributed by atoms with Crippen LogP contribution in [0.2, 0.25) is 0 Å². The molecular weight excluding hydrogens is 619 g/mol. The Morgan fingerprint density at radius 2 is 1.48 bits per heavy atom. The van der Waals surface area contributed by atoms with Gasteiger partial charge in [-0.1, -0.05) is 70.0 Å². The molecule has 0 bridgehead atoms. The minimum Gasteiger partial charge on any atom is -0.462 e. The van der Waals surface area contributed by atoms with Crippen LogP contribution in [0, 0.1) is 56.7 Å². The number of rotatable bonds is 9. The summed E-state index contributed by atoms with van der Waals surface area (Å²) >= 11 is 11.3. The molecule has 0 aromatic carbocycles. The van der Waals surface area contributed by atoms with E-state index in [9.17, 15) is 14.4 Å². The average Bonchev–Trinajstić information content (AvgIpc) is 3.37. The second kappa shape index (κ2) is 12.9. The summed E-state index contributed by atoms with van der Waals surface area (Å²) in [5, 5.41) is 6.10. The fourth-order valence-corrected chi connectivity index (χ4v) is 13.0. The summed E-state index contributed by atoms with van der Waals surface area (Å²) in [6.07, 6.45) is 12.4. The maximum atomic E-state index is 14.3. The summed E-state index contributed by atoms with van der Waals surface area (Å²) in [4.78, 5) is 36.9. The van der Waals surface area contributed by atoms with Crippen molar-refractivity contribution in [3.05, 3.63) is 12.2 Å². The molecule has 10 atom stereocenters. The highest BCUT2D eigenvalue weighted by molar-refractivity contribution is 6.53. The van der Waals surface area contributed by atoms with Gasteiger partial charge in [-0.25, -0.2) is 0 Å². The molecule has 0 aliphatic heterocycles. The largest absolute Gasteiger partial charge is 0.462 e. The van der Waals surface area contributed by atoms with Crippen LogP contribution in [-0.4, -0.2) is 41.8 Å². The fourth-order valence-electron chi connectivity index (χ4n) is 12.8. The van der Waals surface area contributed by atoms with E-state index in [-0.39, 0.29) is 51.0 Å². The van der Waals surface area contributed by atoms with E-state index in [1.54, 1.807) is 6.92 Å². The van der Waals surface area contributed by atoms with E-state index in [0.717, 1.165) is 51.4 Å². The third kappa shape index (κ3) is 5.65. The number of esters is 1. The molecule has 0 radical (unpaired) electrons. The molecule has 5 fully saturated rings. The second-order valence-electron chi connectivity index (χ2n) is 17.4. The van der Waals surface area contributed by atoms with E-state index in [2.05, 4.69) is 58.8 Å². The Balaban J connectivity index is 1.35. The summed E-state index contributed by atoms with van der Waals surface area (Å²) in [5.74, 6) is 2.06. The zero-order valence-corrected chi connectivity index (χ0v) is 31.0. The number of halogens is 2. The topological polar surface area (TPSA) is 84.5 Å². The molecule has 0 aromatic heterocycles. The van der Waals surface area contributed by atoms with Crippen molar-refractivity contribution in [2.75, 3.05) is 13.1 Å². The van der Waals surface area contributed by atoms with Crippen LogP contribution < -0.4 is 10.6 Å². The van der Waals surface area contributed by atoms with Gasteiger partial charge in [-0.05, 0) is 130 Å². The minimum atomic E-state index is -1.05. The van der Waals surface area contributed by atoms with Crippen LogP contribution in [0.4, 0.5) is 0 Å². The number of carbonyl (C=O) groups excluding carboxylic acids is 3. The molecule has 5 aliphatic carbocycles. The molecule has 260 valence electrons. The molecular formula is C38H60Cl2N2O4. The first-order valence-electron chi connectivity index (χ1n) is 18.1. The number of alkyl halides is 2. The van der Waals surface area contributed by atoms with Crippen LogP contribution >= 0.6 is 23.2 Å². The number of carbonyl (C=O) groups is 3. The fraction of sp³-hybridized carbons (Fsp3) is 0.868. The SMILES string of the molecule is C=C(C)[C@@H]1CC[C@]2(C(=O)NCCCCNC(=O)C(Cl)Cl)CC[C@]3(C)[C@H](CC[C@@H]4[C@@]5(C)CC[C@H](OC(C)=O)C(C)(C)[C@@H]5CC[C@]43C)[C@@H]12. The lowest BCUT2D eigenvalue weighted by molar-refractivity contribution is -0.248. The van der Waals surface area contributed by atoms with Crippen LogP contribution in [0.15, 0.2) is 12.2 Å². The molecule has 2 amide bonds. The molecule has 0 aromatic rings. The van der Waals surface area contributed by atoms with E-state index in [1.807, 2.05) is 0 Å². The van der Waals surface area contributed by atoms with Crippen LogP contribution in [0.5, 0.6) is 0 Å². The number of fused-ring (bicyclic) bond motifs is 7. The van der Waals surface area contributed by atoms with Crippen molar-refractivity contribution in [3.63, 3.8) is 0 Å². The summed E-state index contributed by atoms with van der Waals surface area (Å²) in [6, 6.07) is 0. The first-order chi connectivity index (χ1) is 21.5. The van der Waals surface area contributed by atoms with Gasteiger partial charge in [-0.15, -0.1) is 0 Å². The van der Waals surface area contributed by atoms with E-state index in [0.29, 0.717) is 42.7 Å². The third-order valence-corrected chi connectivity index (χ3v) is 15.5. The van der Waals surface area contributed by atoms with E-state index < -0.39 is 4.84 Å². The van der Waals surface area contributed by atoms with Crippen LogP contribution in [0.3, 0.4) is 0 Å². The van der Waals surface area contributed by atoms with Crippen molar-refractivity contribution in [3.8, 4) is 0 Å². The van der Waals surface area contributed by atoms with Crippen molar-refractivity contribution in [1.29, 1.82) is 0 Å². The van der Waals surface area contributed by atoms with Crippen LogP contribution in [0.1, 0.15) is 126 Å². The van der Waals surface area contributed by atoms with Crippen molar-refractivity contribution in [2.24, 2.45) is 56.7 Å². The number of hydrogen-bond acceptors (Lipinski definition) is 4. The first-order valence-corrected chi connectivity index (χ1v) is 19.0. The Bertz CT molecular complexity index is 1220. The number of nitrogens with one attached hydrogen (secondary N) is 2. The van der Waals surface area contributed by atoms with E-state index in [4.69, 9.17) is 27.9 Å². The number of allylic oxidation sites excluding steroid dienone is 1. The van der Waals surface area contributed by atoms with Crippen molar-refractivity contribution < 1.29 is 19.1 Å². The molecule has 0 unspecified atom stereocenters. The van der Waals surface area contributed by atoms with Crippen molar-refractivity contribution in [1.82, 2.24) is 10.6 Å². The summed E-state index contributed by atoms with van der Waals surface area (Å²) in [6.45, 7) is 21.9. The number of hydrogen-bond donors (Lipinski definition) is 2. The normalized spacial score (nSPS) is 42.6. The van der Waals surface area contributed by atoms with Gasteiger partial charge in [0.25, 0.3) is 5.91 Å². The van der Waals surface area contributed by atoms with Crippen molar-refractivity contribution in [2.45, 2.75) is 136 Å². The van der Waals surface area contributed by atoms with Gasteiger partial charge in [0.2, 0.25) is 5.91 Å². The predicted molar refractivity (Wildman–Crippen MR) is 185 cm³/mol. The van der Waals surface area contributed by atoms with E-state index >= 15 is 0 Å². The molecule has 0 saturated heterocycles. The highest BCUT2D eigenvalue weighted by Crippen LogP contribution is 2.77. The molecule has 6 nitrogen and oxygen atoms in total. The van der Waals surface area contributed by atoms with Gasteiger partial charge in [0, 0.05) is 25.4 Å². The van der Waals surface area contributed by atoms with E-state index in [1.165, 1.54) is 31.3 Å². The van der Waals surface area contributed by atoms with Gasteiger partial charge in [-0.2, -0.15) is 0 Å². The Kier molecular flexibility index (Phi) is 10.1. The number of unbranched alkanes of at least 4 members (excludes halogenated alkanes) is 1. The monoisotopic (exact) mass is 678 g/mol. The maximum Gasteiger partial charge on any atom is 0.302 e. The Morgan fingerprint density at radius 3 is 2.11 bits per heavy atom. The quantitative estimate of drug-likeness (QED) is 0.111. The molecule has 5 aliphatic rings. The predicted octanol–water partition coefficient (Wildman–Crippen LogP) is 8.39. The Hall–Kier alpha value is -1.27. The highest BCUT2D eigenvalue weighted by Gasteiger charge is 2.72. The van der Waals surface area contributed by atoms with Gasteiger partial charge in [0.15, 0.2) is 4.84 Å². The molecule has 2 N–H and O–H groups in total. The second-order valence-corrected chi connectivity index (χ2v) is 18.5. The summed E-state index contributed by atoms with van der Waals surface area (Å²) in [5.41, 5.74) is 1.44. The van der Waals surface area contributed by atoms with Crippen LogP contribution in [0.25, 0.3) is 0 Å². The lowest BCUT2D eigenvalue weighted by Gasteiger charge is -2.72.